The van der Waals surface area contributed by atoms with Crippen LogP contribution in [0.1, 0.15) is 71.6 Å². The highest BCUT2D eigenvalue weighted by Gasteiger charge is 2.58. The average Bonchev–Trinajstić information content (AvgIpc) is 2.90. The van der Waals surface area contributed by atoms with Crippen LogP contribution < -0.4 is 0 Å². The van der Waals surface area contributed by atoms with E-state index in [9.17, 15) is 9.90 Å². The maximum absolute atomic E-state index is 12.5. The maximum atomic E-state index is 12.5. The molecule has 2 nitrogen and oxygen atoms in total. The van der Waals surface area contributed by atoms with Gasteiger partial charge in [-0.1, -0.05) is 22.9 Å². The van der Waals surface area contributed by atoms with Crippen LogP contribution in [0.3, 0.4) is 0 Å². The van der Waals surface area contributed by atoms with E-state index in [0.717, 1.165) is 48.9 Å². The fourth-order valence-electron chi connectivity index (χ4n) is 7.70. The van der Waals surface area contributed by atoms with Crippen molar-refractivity contribution in [1.29, 1.82) is 0 Å². The largest absolute Gasteiger partial charge is 0.390 e. The van der Waals surface area contributed by atoms with Gasteiger partial charge in [-0.3, -0.25) is 4.79 Å². The number of Topliss-reactive ketones (excluding diaryl/α,β-unsaturated/α-hetero) is 1. The Morgan fingerprint density at radius 3 is 2.50 bits per heavy atom. The third kappa shape index (κ3) is 2.64. The highest BCUT2D eigenvalue weighted by Crippen LogP contribution is 2.64. The minimum absolute atomic E-state index is 0.263. The highest BCUT2D eigenvalue weighted by molar-refractivity contribution is 9.09. The van der Waals surface area contributed by atoms with Crippen LogP contribution in [0.5, 0.6) is 0 Å². The van der Waals surface area contributed by atoms with Crippen LogP contribution in [-0.4, -0.2) is 21.8 Å². The second kappa shape index (κ2) is 6.08. The lowest BCUT2D eigenvalue weighted by Gasteiger charge is -2.56. The van der Waals surface area contributed by atoms with Crippen LogP contribution in [-0.2, 0) is 4.79 Å². The molecule has 0 aliphatic heterocycles. The number of fused-ring (bicyclic) bond motifs is 5. The van der Waals surface area contributed by atoms with E-state index in [-0.39, 0.29) is 5.41 Å². The van der Waals surface area contributed by atoms with E-state index in [4.69, 9.17) is 0 Å². The zero-order valence-electron chi connectivity index (χ0n) is 15.3. The molecule has 4 fully saturated rings. The number of ketones is 1. The molecule has 4 saturated carbocycles. The monoisotopic (exact) mass is 396 g/mol. The first kappa shape index (κ1) is 17.5. The Hall–Kier alpha value is 0.110. The molecule has 0 aromatic heterocycles. The van der Waals surface area contributed by atoms with Gasteiger partial charge in [-0.15, -0.1) is 0 Å². The van der Waals surface area contributed by atoms with E-state index in [1.54, 1.807) is 0 Å². The predicted molar refractivity (Wildman–Crippen MR) is 100 cm³/mol. The number of alkyl halides is 1. The van der Waals surface area contributed by atoms with Gasteiger partial charge >= 0.3 is 0 Å². The third-order valence-electron chi connectivity index (χ3n) is 8.76. The number of hydrogen-bond donors (Lipinski definition) is 1. The van der Waals surface area contributed by atoms with Crippen LogP contribution in [0.4, 0.5) is 0 Å². The lowest BCUT2D eigenvalue weighted by molar-refractivity contribution is -0.129. The minimum atomic E-state index is -0.419. The van der Waals surface area contributed by atoms with E-state index in [1.807, 2.05) is 6.92 Å². The smallest absolute Gasteiger partial charge is 0.147 e. The summed E-state index contributed by atoms with van der Waals surface area (Å²) in [6.07, 6.45) is 10.9. The molecular weight excluding hydrogens is 364 g/mol. The first-order chi connectivity index (χ1) is 11.4. The van der Waals surface area contributed by atoms with E-state index >= 15 is 0 Å². The molecule has 0 amide bonds. The lowest BCUT2D eigenvalue weighted by Crippen LogP contribution is -2.51. The van der Waals surface area contributed by atoms with Gasteiger partial charge in [0.25, 0.3) is 0 Å². The van der Waals surface area contributed by atoms with E-state index < -0.39 is 5.60 Å². The van der Waals surface area contributed by atoms with Crippen molar-refractivity contribution in [2.24, 2.45) is 40.9 Å². The summed E-state index contributed by atoms with van der Waals surface area (Å²) in [5, 5.41) is 11.0. The number of aliphatic hydroxyl groups is 1. The van der Waals surface area contributed by atoms with Gasteiger partial charge in [-0.2, -0.15) is 0 Å². The second-order valence-corrected chi connectivity index (χ2v) is 10.5. The van der Waals surface area contributed by atoms with Crippen molar-refractivity contribution in [2.45, 2.75) is 77.2 Å². The molecule has 24 heavy (non-hydrogen) atoms. The number of rotatable bonds is 2. The van der Waals surface area contributed by atoms with Crippen LogP contribution in [0.15, 0.2) is 0 Å². The normalized spacial score (nSPS) is 53.8. The van der Waals surface area contributed by atoms with Crippen molar-refractivity contribution in [3.63, 3.8) is 0 Å². The van der Waals surface area contributed by atoms with Crippen molar-refractivity contribution >= 4 is 21.7 Å². The molecule has 4 rings (SSSR count). The van der Waals surface area contributed by atoms with Crippen LogP contribution in [0.25, 0.3) is 0 Å². The Labute approximate surface area is 155 Å². The van der Waals surface area contributed by atoms with Crippen molar-refractivity contribution in [3.8, 4) is 0 Å². The zero-order valence-corrected chi connectivity index (χ0v) is 16.9. The summed E-state index contributed by atoms with van der Waals surface area (Å²) in [5.41, 5.74) is -0.156. The SMILES string of the molecule is C[C@@]1(O)CC[C@@H]2C3CC[C@]4(C)[C@@H](C(=O)CBr)CC[C@H]4[C@@H]3CC[C@@H]2C1. The Bertz CT molecular complexity index is 516. The molecule has 8 atom stereocenters. The lowest BCUT2D eigenvalue weighted by atomic mass is 9.49. The summed E-state index contributed by atoms with van der Waals surface area (Å²) in [5.74, 6) is 4.83. The van der Waals surface area contributed by atoms with Gasteiger partial charge in [0.15, 0.2) is 0 Å². The predicted octanol–water partition coefficient (Wildman–Crippen LogP) is 4.97. The van der Waals surface area contributed by atoms with Crippen molar-refractivity contribution in [2.75, 3.05) is 5.33 Å². The molecule has 0 bridgehead atoms. The average molecular weight is 397 g/mol. The van der Waals surface area contributed by atoms with Crippen LogP contribution >= 0.6 is 15.9 Å². The van der Waals surface area contributed by atoms with Crippen LogP contribution in [0.2, 0.25) is 0 Å². The number of carbonyl (C=O) groups excluding carboxylic acids is 1. The molecule has 4 aliphatic rings. The maximum Gasteiger partial charge on any atom is 0.147 e. The summed E-state index contributed by atoms with van der Waals surface area (Å²) in [7, 11) is 0. The molecule has 3 heteroatoms. The summed E-state index contributed by atoms with van der Waals surface area (Å²) < 4.78 is 0. The summed E-state index contributed by atoms with van der Waals surface area (Å²) in [4.78, 5) is 12.5. The zero-order chi connectivity index (χ0) is 17.1. The first-order valence-corrected chi connectivity index (χ1v) is 11.3. The Morgan fingerprint density at radius 1 is 1.00 bits per heavy atom. The quantitative estimate of drug-likeness (QED) is 0.668. The standard InChI is InChI=1S/C21H33BrO2/c1-20(24)9-7-14-13(11-20)3-4-16-15(14)8-10-21(2)17(16)5-6-18(21)19(23)12-22/h13-18,24H,3-12H2,1-2H3/t13-,14+,15?,16-,17+,18-,20-,21+/m1/s1. The van der Waals surface area contributed by atoms with Gasteiger partial charge in [0.1, 0.15) is 5.78 Å². The molecule has 0 aromatic rings. The van der Waals surface area contributed by atoms with Crippen molar-refractivity contribution in [3.05, 3.63) is 0 Å². The van der Waals surface area contributed by atoms with Crippen LogP contribution in [0, 0.1) is 40.9 Å². The fourth-order valence-corrected chi connectivity index (χ4v) is 8.09. The number of halogens is 1. The Kier molecular flexibility index (Phi) is 4.44. The van der Waals surface area contributed by atoms with Gasteiger partial charge in [-0.05, 0) is 99.7 Å². The van der Waals surface area contributed by atoms with Crippen molar-refractivity contribution in [1.82, 2.24) is 0 Å². The Morgan fingerprint density at radius 2 is 1.75 bits per heavy atom. The van der Waals surface area contributed by atoms with Gasteiger partial charge < -0.3 is 5.11 Å². The first-order valence-electron chi connectivity index (χ1n) is 10.2. The molecule has 0 spiro atoms. The molecule has 0 saturated heterocycles. The van der Waals surface area contributed by atoms with Gasteiger partial charge in [0.05, 0.1) is 10.9 Å². The highest BCUT2D eigenvalue weighted by atomic mass is 79.9. The molecule has 0 radical (unpaired) electrons. The van der Waals surface area contributed by atoms with Gasteiger partial charge in [0, 0.05) is 5.92 Å². The molecule has 1 N–H and O–H groups in total. The van der Waals surface area contributed by atoms with E-state index in [0.29, 0.717) is 17.0 Å². The molecule has 1 unspecified atom stereocenters. The molecule has 4 aliphatic carbocycles. The minimum Gasteiger partial charge on any atom is -0.390 e. The second-order valence-electron chi connectivity index (χ2n) is 9.95. The molecule has 0 aromatic carbocycles. The molecular formula is C21H33BrO2. The van der Waals surface area contributed by atoms with Crippen molar-refractivity contribution < 1.29 is 9.90 Å². The number of hydrogen-bond acceptors (Lipinski definition) is 2. The molecule has 136 valence electrons. The Balaban J connectivity index is 1.54. The van der Waals surface area contributed by atoms with E-state index in [2.05, 4.69) is 22.9 Å². The summed E-state index contributed by atoms with van der Waals surface area (Å²) in [6, 6.07) is 0. The van der Waals surface area contributed by atoms with E-state index in [1.165, 1.54) is 38.5 Å². The van der Waals surface area contributed by atoms with Gasteiger partial charge in [0.2, 0.25) is 0 Å². The van der Waals surface area contributed by atoms with Gasteiger partial charge in [-0.25, -0.2) is 0 Å². The topological polar surface area (TPSA) is 37.3 Å². The summed E-state index contributed by atoms with van der Waals surface area (Å²) in [6.45, 7) is 4.48. The molecule has 0 heterocycles. The number of carbonyl (C=O) groups is 1. The summed E-state index contributed by atoms with van der Waals surface area (Å²) >= 11 is 3.42. The fraction of sp³-hybridized carbons (Fsp3) is 0.952. The third-order valence-corrected chi connectivity index (χ3v) is 9.31.